The Labute approximate surface area is 99.4 Å². The Morgan fingerprint density at radius 2 is 2.07 bits per heavy atom. The number of nitrogens with zero attached hydrogens (tertiary/aromatic N) is 1. The predicted octanol–water partition coefficient (Wildman–Crippen LogP) is 3.92. The largest absolute Gasteiger partial charge is 0.490 e. The molecule has 1 rings (SSSR count). The minimum Gasteiger partial charge on any atom is -0.490 e. The summed E-state index contributed by atoms with van der Waals surface area (Å²) in [4.78, 5) is 0. The molecule has 0 aliphatic heterocycles. The van der Waals surface area contributed by atoms with Crippen molar-refractivity contribution in [2.45, 2.75) is 13.8 Å². The van der Waals surface area contributed by atoms with Crippen molar-refractivity contribution >= 4 is 23.2 Å². The Kier molecular flexibility index (Phi) is 3.84. The standard InChI is InChI=1S/C11H11Cl2NO/c1-11(2,6-14)7-15-9-5-3-4-8(12)10(9)13/h3-5H,7H2,1-2H3. The van der Waals surface area contributed by atoms with Gasteiger partial charge in [0.25, 0.3) is 0 Å². The highest BCUT2D eigenvalue weighted by molar-refractivity contribution is 6.42. The van der Waals surface area contributed by atoms with Gasteiger partial charge in [-0.25, -0.2) is 0 Å². The summed E-state index contributed by atoms with van der Waals surface area (Å²) in [5.74, 6) is 0.507. The number of benzene rings is 1. The highest BCUT2D eigenvalue weighted by Crippen LogP contribution is 2.32. The van der Waals surface area contributed by atoms with Crippen molar-refractivity contribution in [1.82, 2.24) is 0 Å². The van der Waals surface area contributed by atoms with Crippen LogP contribution in [0.1, 0.15) is 13.8 Å². The zero-order valence-electron chi connectivity index (χ0n) is 8.55. The molecule has 0 spiro atoms. The normalized spacial score (nSPS) is 10.9. The Morgan fingerprint density at radius 3 is 2.67 bits per heavy atom. The first-order chi connectivity index (χ1) is 6.96. The van der Waals surface area contributed by atoms with Crippen LogP contribution in [0.3, 0.4) is 0 Å². The Hall–Kier alpha value is -0.910. The van der Waals surface area contributed by atoms with E-state index in [1.54, 1.807) is 32.0 Å². The van der Waals surface area contributed by atoms with Gasteiger partial charge >= 0.3 is 0 Å². The molecule has 1 aromatic rings. The van der Waals surface area contributed by atoms with Gasteiger partial charge in [-0.1, -0.05) is 29.3 Å². The van der Waals surface area contributed by atoms with Gasteiger partial charge < -0.3 is 4.74 Å². The third-order valence-corrected chi connectivity index (χ3v) is 2.61. The minimum atomic E-state index is -0.536. The molecule has 0 fully saturated rings. The molecular formula is C11H11Cl2NO. The van der Waals surface area contributed by atoms with Crippen molar-refractivity contribution in [2.24, 2.45) is 5.41 Å². The molecule has 4 heteroatoms. The minimum absolute atomic E-state index is 0.281. The van der Waals surface area contributed by atoms with Crippen LogP contribution in [0, 0.1) is 16.7 Å². The lowest BCUT2D eigenvalue weighted by Crippen LogP contribution is -2.19. The Bertz CT molecular complexity index is 396. The fourth-order valence-electron chi connectivity index (χ4n) is 0.886. The maximum Gasteiger partial charge on any atom is 0.139 e. The van der Waals surface area contributed by atoms with Crippen molar-refractivity contribution in [3.05, 3.63) is 28.2 Å². The van der Waals surface area contributed by atoms with Crippen molar-refractivity contribution < 1.29 is 4.74 Å². The van der Waals surface area contributed by atoms with E-state index in [0.717, 1.165) is 0 Å². The molecule has 0 amide bonds. The van der Waals surface area contributed by atoms with Crippen molar-refractivity contribution in [3.63, 3.8) is 0 Å². The highest BCUT2D eigenvalue weighted by atomic mass is 35.5. The predicted molar refractivity (Wildman–Crippen MR) is 61.4 cm³/mol. The van der Waals surface area contributed by atoms with Gasteiger partial charge in [0.15, 0.2) is 0 Å². The maximum atomic E-state index is 8.81. The summed E-state index contributed by atoms with van der Waals surface area (Å²) in [6.07, 6.45) is 0. The topological polar surface area (TPSA) is 33.0 Å². The second-order valence-electron chi connectivity index (χ2n) is 3.84. The smallest absolute Gasteiger partial charge is 0.139 e. The van der Waals surface area contributed by atoms with E-state index in [4.69, 9.17) is 33.2 Å². The molecule has 0 unspecified atom stereocenters. The summed E-state index contributed by atoms with van der Waals surface area (Å²) in [7, 11) is 0. The van der Waals surface area contributed by atoms with Crippen molar-refractivity contribution in [2.75, 3.05) is 6.61 Å². The lowest BCUT2D eigenvalue weighted by Gasteiger charge is -2.16. The van der Waals surface area contributed by atoms with Crippen LogP contribution < -0.4 is 4.74 Å². The lowest BCUT2D eigenvalue weighted by molar-refractivity contribution is 0.227. The number of hydrogen-bond donors (Lipinski definition) is 0. The fraction of sp³-hybridized carbons (Fsp3) is 0.364. The van der Waals surface area contributed by atoms with E-state index in [9.17, 15) is 0 Å². The lowest BCUT2D eigenvalue weighted by atomic mass is 9.98. The quantitative estimate of drug-likeness (QED) is 0.807. The SMILES string of the molecule is CC(C)(C#N)COc1cccc(Cl)c1Cl. The summed E-state index contributed by atoms with van der Waals surface area (Å²) >= 11 is 11.7. The van der Waals surface area contributed by atoms with Gasteiger partial charge in [-0.3, -0.25) is 0 Å². The zero-order chi connectivity index (χ0) is 11.5. The third kappa shape index (κ3) is 3.30. The summed E-state index contributed by atoms with van der Waals surface area (Å²) in [5.41, 5.74) is -0.536. The summed E-state index contributed by atoms with van der Waals surface area (Å²) in [5, 5.41) is 9.64. The van der Waals surface area contributed by atoms with Gasteiger partial charge in [-0.2, -0.15) is 5.26 Å². The van der Waals surface area contributed by atoms with E-state index in [0.29, 0.717) is 15.8 Å². The van der Waals surface area contributed by atoms with Crippen molar-refractivity contribution in [3.8, 4) is 11.8 Å². The van der Waals surface area contributed by atoms with Crippen LogP contribution in [0.2, 0.25) is 10.0 Å². The molecule has 1 aromatic carbocycles. The molecule has 0 N–H and O–H groups in total. The molecule has 0 aliphatic carbocycles. The van der Waals surface area contributed by atoms with E-state index in [-0.39, 0.29) is 6.61 Å². The number of ether oxygens (including phenoxy) is 1. The number of rotatable bonds is 3. The number of nitriles is 1. The van der Waals surface area contributed by atoms with Crippen LogP contribution in [0.5, 0.6) is 5.75 Å². The average molecular weight is 244 g/mol. The number of hydrogen-bond acceptors (Lipinski definition) is 2. The van der Waals surface area contributed by atoms with Gasteiger partial charge in [-0.15, -0.1) is 0 Å². The molecule has 0 bridgehead atoms. The molecule has 80 valence electrons. The zero-order valence-corrected chi connectivity index (χ0v) is 10.1. The fourth-order valence-corrected chi connectivity index (χ4v) is 1.23. The molecule has 0 atom stereocenters. The summed E-state index contributed by atoms with van der Waals surface area (Å²) in [6, 6.07) is 7.31. The summed E-state index contributed by atoms with van der Waals surface area (Å²) in [6.45, 7) is 3.88. The Balaban J connectivity index is 2.75. The van der Waals surface area contributed by atoms with Crippen LogP contribution >= 0.6 is 23.2 Å². The molecule has 15 heavy (non-hydrogen) atoms. The Morgan fingerprint density at radius 1 is 1.40 bits per heavy atom. The first-order valence-electron chi connectivity index (χ1n) is 4.44. The first-order valence-corrected chi connectivity index (χ1v) is 5.20. The monoisotopic (exact) mass is 243 g/mol. The molecule has 0 aromatic heterocycles. The van der Waals surface area contributed by atoms with Crippen LogP contribution in [-0.4, -0.2) is 6.61 Å². The molecule has 0 saturated carbocycles. The molecule has 0 heterocycles. The molecule has 2 nitrogen and oxygen atoms in total. The van der Waals surface area contributed by atoms with Crippen LogP contribution in [0.15, 0.2) is 18.2 Å². The second-order valence-corrected chi connectivity index (χ2v) is 4.62. The molecule has 0 aliphatic rings. The van der Waals surface area contributed by atoms with Crippen LogP contribution in [0.25, 0.3) is 0 Å². The van der Waals surface area contributed by atoms with Gasteiger partial charge in [0.1, 0.15) is 17.4 Å². The van der Waals surface area contributed by atoms with E-state index < -0.39 is 5.41 Å². The molecule has 0 saturated heterocycles. The average Bonchev–Trinajstić information content (AvgIpc) is 2.20. The van der Waals surface area contributed by atoms with Crippen molar-refractivity contribution in [1.29, 1.82) is 5.26 Å². The van der Waals surface area contributed by atoms with Crippen LogP contribution in [0.4, 0.5) is 0 Å². The van der Waals surface area contributed by atoms with Crippen LogP contribution in [-0.2, 0) is 0 Å². The number of halogens is 2. The highest BCUT2D eigenvalue weighted by Gasteiger charge is 2.18. The van der Waals surface area contributed by atoms with Gasteiger partial charge in [0.2, 0.25) is 0 Å². The first kappa shape index (κ1) is 12.2. The van der Waals surface area contributed by atoms with E-state index in [1.807, 2.05) is 0 Å². The van der Waals surface area contributed by atoms with Gasteiger partial charge in [0, 0.05) is 0 Å². The second kappa shape index (κ2) is 4.74. The maximum absolute atomic E-state index is 8.81. The van der Waals surface area contributed by atoms with E-state index in [2.05, 4.69) is 6.07 Å². The van der Waals surface area contributed by atoms with Gasteiger partial charge in [0.05, 0.1) is 16.5 Å². The van der Waals surface area contributed by atoms with E-state index >= 15 is 0 Å². The third-order valence-electron chi connectivity index (χ3n) is 1.81. The molecule has 0 radical (unpaired) electrons. The summed E-state index contributed by atoms with van der Waals surface area (Å²) < 4.78 is 5.43. The van der Waals surface area contributed by atoms with Gasteiger partial charge in [-0.05, 0) is 26.0 Å². The van der Waals surface area contributed by atoms with E-state index in [1.165, 1.54) is 0 Å². The molecular weight excluding hydrogens is 233 g/mol.